The monoisotopic (exact) mass is 409 g/mol. The second-order valence-electron chi connectivity index (χ2n) is 6.96. The second-order valence-corrected chi connectivity index (χ2v) is 6.96. The molecule has 152 valence electrons. The van der Waals surface area contributed by atoms with Crippen molar-refractivity contribution in [2.45, 2.75) is 25.7 Å². The normalized spacial score (nSPS) is 15.1. The summed E-state index contributed by atoms with van der Waals surface area (Å²) in [7, 11) is 0. The summed E-state index contributed by atoms with van der Waals surface area (Å²) in [5.41, 5.74) is 0.381. The van der Waals surface area contributed by atoms with Gasteiger partial charge >= 0.3 is 0 Å². The first kappa shape index (κ1) is 19.2. The van der Waals surface area contributed by atoms with Crippen LogP contribution in [0.5, 0.6) is 11.5 Å². The molecule has 0 saturated heterocycles. The third kappa shape index (κ3) is 2.83. The Bertz CT molecular complexity index is 1050. The van der Waals surface area contributed by atoms with Crippen molar-refractivity contribution >= 4 is 17.9 Å². The Morgan fingerprint density at radius 3 is 2.38 bits per heavy atom. The van der Waals surface area contributed by atoms with E-state index in [0.29, 0.717) is 18.4 Å². The number of benzene rings is 2. The van der Waals surface area contributed by atoms with E-state index in [1.165, 1.54) is 6.07 Å². The van der Waals surface area contributed by atoms with Crippen LogP contribution in [-0.4, -0.2) is 30.5 Å². The number of halogens is 4. The largest absolute Gasteiger partial charge is 0.507 e. The van der Waals surface area contributed by atoms with Crippen LogP contribution in [0.25, 0.3) is 0 Å². The van der Waals surface area contributed by atoms with Gasteiger partial charge in [0.25, 0.3) is 6.47 Å². The molecule has 0 saturated carbocycles. The molecule has 9 heteroatoms. The zero-order valence-corrected chi connectivity index (χ0v) is 15.0. The fourth-order valence-corrected chi connectivity index (χ4v) is 4.12. The average Bonchev–Trinajstić information content (AvgIpc) is 2.73. The van der Waals surface area contributed by atoms with Crippen LogP contribution in [-0.2, 0) is 17.6 Å². The van der Waals surface area contributed by atoms with Gasteiger partial charge in [-0.3, -0.25) is 9.59 Å². The summed E-state index contributed by atoms with van der Waals surface area (Å²) < 4.78 is 60.0. The quantitative estimate of drug-likeness (QED) is 0.276. The smallest absolute Gasteiger partial charge is 0.298 e. The molecule has 5 nitrogen and oxygen atoms in total. The standard InChI is InChI=1S/C20H15F4NO4/c21-13-12(20(29-8-26)16(24)15(23)14(13)22)19(28)11-7-9-3-1-5-25-6-2-4-10(17(9)25)18(11)27/h7-8,27H,1-6H2. The van der Waals surface area contributed by atoms with E-state index < -0.39 is 46.1 Å². The van der Waals surface area contributed by atoms with Gasteiger partial charge in [-0.1, -0.05) is 0 Å². The molecule has 0 unspecified atom stereocenters. The molecule has 2 aliphatic rings. The Morgan fingerprint density at radius 1 is 1.03 bits per heavy atom. The van der Waals surface area contributed by atoms with E-state index in [4.69, 9.17) is 0 Å². The number of carbonyl (C=O) groups excluding carboxylic acids is 2. The number of aryl methyl sites for hydroxylation is 1. The lowest BCUT2D eigenvalue weighted by atomic mass is 9.87. The van der Waals surface area contributed by atoms with E-state index in [0.717, 1.165) is 37.2 Å². The third-order valence-corrected chi connectivity index (χ3v) is 5.36. The summed E-state index contributed by atoms with van der Waals surface area (Å²) in [5.74, 6) is -11.5. The van der Waals surface area contributed by atoms with E-state index in [9.17, 15) is 32.3 Å². The number of ketones is 1. The van der Waals surface area contributed by atoms with E-state index in [1.807, 2.05) is 0 Å². The number of anilines is 1. The van der Waals surface area contributed by atoms with Crippen LogP contribution in [0.2, 0.25) is 0 Å². The molecule has 2 aromatic rings. The fraction of sp³-hybridized carbons (Fsp3) is 0.300. The van der Waals surface area contributed by atoms with Crippen molar-refractivity contribution in [1.82, 2.24) is 0 Å². The van der Waals surface area contributed by atoms with Crippen LogP contribution < -0.4 is 9.64 Å². The lowest BCUT2D eigenvalue weighted by Crippen LogP contribution is -2.34. The molecule has 2 aliphatic heterocycles. The van der Waals surface area contributed by atoms with Crippen molar-refractivity contribution in [2.24, 2.45) is 0 Å². The third-order valence-electron chi connectivity index (χ3n) is 5.36. The highest BCUT2D eigenvalue weighted by Gasteiger charge is 2.35. The predicted molar refractivity (Wildman–Crippen MR) is 93.4 cm³/mol. The van der Waals surface area contributed by atoms with E-state index >= 15 is 0 Å². The average molecular weight is 409 g/mol. The molecule has 2 aromatic carbocycles. The van der Waals surface area contributed by atoms with Gasteiger partial charge in [0.2, 0.25) is 17.4 Å². The van der Waals surface area contributed by atoms with E-state index in [-0.39, 0.29) is 12.0 Å². The molecule has 2 heterocycles. The molecule has 29 heavy (non-hydrogen) atoms. The van der Waals surface area contributed by atoms with Crippen LogP contribution >= 0.6 is 0 Å². The highest BCUT2D eigenvalue weighted by Crippen LogP contribution is 2.43. The maximum Gasteiger partial charge on any atom is 0.298 e. The summed E-state index contributed by atoms with van der Waals surface area (Å²) in [6.07, 6.45) is 2.60. The zero-order chi connectivity index (χ0) is 20.9. The van der Waals surface area contributed by atoms with Gasteiger partial charge in [-0.2, -0.15) is 4.39 Å². The molecule has 4 rings (SSSR count). The Hall–Kier alpha value is -3.10. The van der Waals surface area contributed by atoms with Gasteiger partial charge in [0.1, 0.15) is 11.3 Å². The van der Waals surface area contributed by atoms with Crippen LogP contribution in [0.4, 0.5) is 23.2 Å². The summed E-state index contributed by atoms with van der Waals surface area (Å²) >= 11 is 0. The Morgan fingerprint density at radius 2 is 1.69 bits per heavy atom. The molecule has 1 N–H and O–H groups in total. The van der Waals surface area contributed by atoms with Crippen molar-refractivity contribution in [3.05, 3.63) is 51.6 Å². The number of nitrogens with zero attached hydrogens (tertiary/aromatic N) is 1. The molecule has 0 bridgehead atoms. The van der Waals surface area contributed by atoms with Crippen molar-refractivity contribution in [3.63, 3.8) is 0 Å². The minimum absolute atomic E-state index is 0.333. The number of phenols is 1. The lowest BCUT2D eigenvalue weighted by molar-refractivity contribution is -0.120. The molecule has 0 atom stereocenters. The number of phenolic OH excluding ortho intramolecular Hbond substituents is 1. The van der Waals surface area contributed by atoms with Gasteiger partial charge in [0.15, 0.2) is 17.4 Å². The fourth-order valence-electron chi connectivity index (χ4n) is 4.12. The molecule has 0 fully saturated rings. The van der Waals surface area contributed by atoms with Gasteiger partial charge in [-0.15, -0.1) is 0 Å². The van der Waals surface area contributed by atoms with Crippen molar-refractivity contribution < 1.29 is 37.0 Å². The summed E-state index contributed by atoms with van der Waals surface area (Å²) in [5, 5.41) is 10.7. The van der Waals surface area contributed by atoms with Crippen LogP contribution in [0.3, 0.4) is 0 Å². The van der Waals surface area contributed by atoms with Gasteiger partial charge in [0.05, 0.1) is 5.56 Å². The van der Waals surface area contributed by atoms with Crippen LogP contribution in [0.15, 0.2) is 6.07 Å². The molecule has 0 spiro atoms. The van der Waals surface area contributed by atoms with Gasteiger partial charge in [0, 0.05) is 24.3 Å². The highest BCUT2D eigenvalue weighted by molar-refractivity contribution is 6.13. The molecule has 0 amide bonds. The van der Waals surface area contributed by atoms with E-state index in [1.54, 1.807) is 0 Å². The SMILES string of the molecule is O=COc1c(F)c(F)c(F)c(F)c1C(=O)c1cc2c3c(c1O)CCCN3CCC2. The Labute approximate surface area is 162 Å². The topological polar surface area (TPSA) is 66.8 Å². The van der Waals surface area contributed by atoms with Gasteiger partial charge in [-0.05, 0) is 37.3 Å². The predicted octanol–water partition coefficient (Wildman–Crippen LogP) is 3.41. The number of hydrogen-bond donors (Lipinski definition) is 1. The zero-order valence-electron chi connectivity index (χ0n) is 15.0. The number of carbonyl (C=O) groups is 2. The first-order chi connectivity index (χ1) is 13.9. The summed E-state index contributed by atoms with van der Waals surface area (Å²) in [4.78, 5) is 25.7. The van der Waals surface area contributed by atoms with E-state index in [2.05, 4.69) is 9.64 Å². The minimum atomic E-state index is -2.21. The molecule has 0 radical (unpaired) electrons. The van der Waals surface area contributed by atoms with Crippen LogP contribution in [0, 0.1) is 23.3 Å². The van der Waals surface area contributed by atoms with Crippen molar-refractivity contribution in [2.75, 3.05) is 18.0 Å². The van der Waals surface area contributed by atoms with Crippen LogP contribution in [0.1, 0.15) is 39.9 Å². The summed E-state index contributed by atoms with van der Waals surface area (Å²) in [6, 6.07) is 1.34. The maximum atomic E-state index is 14.4. The number of ether oxygens (including phenoxy) is 1. The molecule has 0 aromatic heterocycles. The van der Waals surface area contributed by atoms with Gasteiger partial charge < -0.3 is 14.7 Å². The molecule has 0 aliphatic carbocycles. The van der Waals surface area contributed by atoms with Crippen molar-refractivity contribution in [1.29, 1.82) is 0 Å². The highest BCUT2D eigenvalue weighted by atomic mass is 19.2. The Balaban J connectivity index is 1.94. The molecular weight excluding hydrogens is 394 g/mol. The van der Waals surface area contributed by atoms with Gasteiger partial charge in [-0.25, -0.2) is 13.2 Å². The minimum Gasteiger partial charge on any atom is -0.507 e. The molecular formula is C20H15F4NO4. The van der Waals surface area contributed by atoms with Crippen molar-refractivity contribution in [3.8, 4) is 11.5 Å². The lowest BCUT2D eigenvalue weighted by Gasteiger charge is -2.37. The maximum absolute atomic E-state index is 14.4. The number of rotatable bonds is 4. The first-order valence-corrected chi connectivity index (χ1v) is 9.00. The summed E-state index contributed by atoms with van der Waals surface area (Å²) in [6.45, 7) is 1.26. The Kier molecular flexibility index (Phi) is 4.68. The number of hydrogen-bond acceptors (Lipinski definition) is 5. The second kappa shape index (κ2) is 7.06. The first-order valence-electron chi connectivity index (χ1n) is 9.00. The number of aromatic hydroxyl groups is 1.